The molecule has 0 aromatic carbocycles. The maximum absolute atomic E-state index is 12.1. The summed E-state index contributed by atoms with van der Waals surface area (Å²) in [5.41, 5.74) is 0.914. The molecule has 0 N–H and O–H groups in total. The van der Waals surface area contributed by atoms with Crippen LogP contribution in [0.15, 0.2) is 12.3 Å². The molecular weight excluding hydrogens is 200 g/mol. The van der Waals surface area contributed by atoms with E-state index in [1.165, 1.54) is 25.7 Å². The number of Topliss-reactive ketones (excluding diaryl/α,β-unsaturated/α-hetero) is 1. The second kappa shape index (κ2) is 5.28. The molecule has 1 aromatic rings. The first-order valence-corrected chi connectivity index (χ1v) is 6.27. The molecule has 3 nitrogen and oxygen atoms in total. The van der Waals surface area contributed by atoms with E-state index in [2.05, 4.69) is 5.10 Å². The number of aryl methyl sites for hydroxylation is 1. The Kier molecular flexibility index (Phi) is 3.75. The molecule has 0 atom stereocenters. The van der Waals surface area contributed by atoms with Gasteiger partial charge in [-0.1, -0.05) is 25.7 Å². The Morgan fingerprint density at radius 2 is 2.06 bits per heavy atom. The lowest BCUT2D eigenvalue weighted by atomic mass is 9.93. The Morgan fingerprint density at radius 1 is 1.38 bits per heavy atom. The second-order valence-electron chi connectivity index (χ2n) is 4.81. The van der Waals surface area contributed by atoms with Crippen LogP contribution in [0.4, 0.5) is 0 Å². The summed E-state index contributed by atoms with van der Waals surface area (Å²) in [6, 6.07) is 1.94. The Bertz CT molecular complexity index is 349. The molecule has 1 heterocycles. The lowest BCUT2D eigenvalue weighted by molar-refractivity contribution is -0.122. The van der Waals surface area contributed by atoms with Crippen molar-refractivity contribution >= 4 is 5.78 Å². The van der Waals surface area contributed by atoms with Crippen molar-refractivity contribution in [3.8, 4) is 0 Å². The Balaban J connectivity index is 1.91. The highest BCUT2D eigenvalue weighted by Gasteiger charge is 2.20. The van der Waals surface area contributed by atoms with Crippen LogP contribution in [-0.2, 0) is 18.3 Å². The molecule has 1 aliphatic carbocycles. The van der Waals surface area contributed by atoms with Crippen molar-refractivity contribution in [2.24, 2.45) is 13.0 Å². The van der Waals surface area contributed by atoms with Gasteiger partial charge in [-0.15, -0.1) is 0 Å². The first-order chi connectivity index (χ1) is 7.75. The van der Waals surface area contributed by atoms with Crippen molar-refractivity contribution in [3.63, 3.8) is 0 Å². The van der Waals surface area contributed by atoms with Gasteiger partial charge in [0.2, 0.25) is 0 Å². The van der Waals surface area contributed by atoms with Gasteiger partial charge in [0.05, 0.1) is 12.1 Å². The van der Waals surface area contributed by atoms with Gasteiger partial charge in [0.15, 0.2) is 0 Å². The van der Waals surface area contributed by atoms with E-state index in [0.717, 1.165) is 18.5 Å². The summed E-state index contributed by atoms with van der Waals surface area (Å²) in [6.07, 6.45) is 9.64. The van der Waals surface area contributed by atoms with E-state index < -0.39 is 0 Å². The standard InChI is InChI=1S/C13H20N2O/c1-15-9-8-12(14-15)10-13(16)11-6-4-2-3-5-7-11/h8-9,11H,2-7,10H2,1H3. The summed E-state index contributed by atoms with van der Waals surface area (Å²) < 4.78 is 1.76. The van der Waals surface area contributed by atoms with E-state index in [9.17, 15) is 4.79 Å². The number of nitrogens with zero attached hydrogens (tertiary/aromatic N) is 2. The number of aromatic nitrogens is 2. The van der Waals surface area contributed by atoms with Crippen LogP contribution in [0, 0.1) is 5.92 Å². The van der Waals surface area contributed by atoms with E-state index >= 15 is 0 Å². The van der Waals surface area contributed by atoms with Gasteiger partial charge in [-0.25, -0.2) is 0 Å². The van der Waals surface area contributed by atoms with Crippen LogP contribution in [0.5, 0.6) is 0 Å². The van der Waals surface area contributed by atoms with Gasteiger partial charge in [-0.05, 0) is 18.9 Å². The minimum absolute atomic E-state index is 0.296. The third kappa shape index (κ3) is 2.94. The molecule has 1 aromatic heterocycles. The molecule has 0 bridgehead atoms. The molecule has 0 radical (unpaired) electrons. The predicted octanol–water partition coefficient (Wildman–Crippen LogP) is 2.50. The zero-order chi connectivity index (χ0) is 11.4. The summed E-state index contributed by atoms with van der Waals surface area (Å²) in [6.45, 7) is 0. The largest absolute Gasteiger partial charge is 0.299 e. The van der Waals surface area contributed by atoms with Gasteiger partial charge in [0.25, 0.3) is 0 Å². The summed E-state index contributed by atoms with van der Waals surface area (Å²) in [4.78, 5) is 12.1. The molecule has 0 saturated heterocycles. The van der Waals surface area contributed by atoms with Gasteiger partial charge >= 0.3 is 0 Å². The number of ketones is 1. The molecule has 88 valence electrons. The molecule has 0 unspecified atom stereocenters. The SMILES string of the molecule is Cn1ccc(CC(=O)C2CCCCCC2)n1. The molecule has 0 aliphatic heterocycles. The highest BCUT2D eigenvalue weighted by Crippen LogP contribution is 2.24. The zero-order valence-electron chi connectivity index (χ0n) is 9.98. The van der Waals surface area contributed by atoms with E-state index in [0.29, 0.717) is 18.1 Å². The number of hydrogen-bond donors (Lipinski definition) is 0. The Labute approximate surface area is 96.8 Å². The molecule has 1 aliphatic rings. The van der Waals surface area contributed by atoms with Gasteiger partial charge < -0.3 is 0 Å². The van der Waals surface area contributed by atoms with Gasteiger partial charge in [-0.3, -0.25) is 9.48 Å². The summed E-state index contributed by atoms with van der Waals surface area (Å²) in [5.74, 6) is 0.685. The fourth-order valence-electron chi connectivity index (χ4n) is 2.48. The van der Waals surface area contributed by atoms with Crippen LogP contribution in [-0.4, -0.2) is 15.6 Å². The molecule has 0 spiro atoms. The fraction of sp³-hybridized carbons (Fsp3) is 0.692. The average molecular weight is 220 g/mol. The zero-order valence-corrected chi connectivity index (χ0v) is 9.98. The van der Waals surface area contributed by atoms with Crippen LogP contribution in [0.25, 0.3) is 0 Å². The third-order valence-corrected chi connectivity index (χ3v) is 3.43. The molecule has 3 heteroatoms. The average Bonchev–Trinajstić information content (AvgIpc) is 2.56. The van der Waals surface area contributed by atoms with Crippen LogP contribution in [0.2, 0.25) is 0 Å². The number of rotatable bonds is 3. The van der Waals surface area contributed by atoms with E-state index in [-0.39, 0.29) is 0 Å². The molecule has 1 saturated carbocycles. The minimum atomic E-state index is 0.296. The van der Waals surface area contributed by atoms with Crippen LogP contribution >= 0.6 is 0 Å². The molecule has 0 amide bonds. The third-order valence-electron chi connectivity index (χ3n) is 3.43. The number of carbonyl (C=O) groups excluding carboxylic acids is 1. The van der Waals surface area contributed by atoms with E-state index in [1.54, 1.807) is 4.68 Å². The first kappa shape index (κ1) is 11.4. The second-order valence-corrected chi connectivity index (χ2v) is 4.81. The molecule has 16 heavy (non-hydrogen) atoms. The first-order valence-electron chi connectivity index (χ1n) is 6.27. The molecule has 2 rings (SSSR count). The van der Waals surface area contributed by atoms with Crippen molar-refractivity contribution in [1.82, 2.24) is 9.78 Å². The van der Waals surface area contributed by atoms with Gasteiger partial charge in [0, 0.05) is 19.2 Å². The number of carbonyl (C=O) groups is 1. The Morgan fingerprint density at radius 3 is 2.62 bits per heavy atom. The maximum Gasteiger partial charge on any atom is 0.141 e. The lowest BCUT2D eigenvalue weighted by Crippen LogP contribution is -2.16. The summed E-state index contributed by atoms with van der Waals surface area (Å²) in [5, 5.41) is 4.26. The Hall–Kier alpha value is -1.12. The van der Waals surface area contributed by atoms with Crippen molar-refractivity contribution in [2.45, 2.75) is 44.9 Å². The highest BCUT2D eigenvalue weighted by atomic mass is 16.1. The minimum Gasteiger partial charge on any atom is -0.299 e. The lowest BCUT2D eigenvalue weighted by Gasteiger charge is -2.11. The predicted molar refractivity (Wildman–Crippen MR) is 63.1 cm³/mol. The smallest absolute Gasteiger partial charge is 0.141 e. The highest BCUT2D eigenvalue weighted by molar-refractivity contribution is 5.82. The van der Waals surface area contributed by atoms with Crippen molar-refractivity contribution < 1.29 is 4.79 Å². The molecule has 1 fully saturated rings. The molecular formula is C13H20N2O. The fourth-order valence-corrected chi connectivity index (χ4v) is 2.48. The quantitative estimate of drug-likeness (QED) is 0.734. The van der Waals surface area contributed by atoms with Gasteiger partial charge in [-0.2, -0.15) is 5.10 Å². The summed E-state index contributed by atoms with van der Waals surface area (Å²) >= 11 is 0. The maximum atomic E-state index is 12.1. The monoisotopic (exact) mass is 220 g/mol. The normalized spacial score (nSPS) is 18.3. The van der Waals surface area contributed by atoms with Crippen LogP contribution in [0.3, 0.4) is 0 Å². The van der Waals surface area contributed by atoms with Crippen LogP contribution in [0.1, 0.15) is 44.2 Å². The van der Waals surface area contributed by atoms with Gasteiger partial charge in [0.1, 0.15) is 5.78 Å². The van der Waals surface area contributed by atoms with Crippen molar-refractivity contribution in [2.75, 3.05) is 0 Å². The van der Waals surface area contributed by atoms with Crippen molar-refractivity contribution in [1.29, 1.82) is 0 Å². The topological polar surface area (TPSA) is 34.9 Å². The van der Waals surface area contributed by atoms with E-state index in [1.807, 2.05) is 19.3 Å². The van der Waals surface area contributed by atoms with Crippen LogP contribution < -0.4 is 0 Å². The van der Waals surface area contributed by atoms with Crippen molar-refractivity contribution in [3.05, 3.63) is 18.0 Å². The number of hydrogen-bond acceptors (Lipinski definition) is 2. The summed E-state index contributed by atoms with van der Waals surface area (Å²) in [7, 11) is 1.89. The van der Waals surface area contributed by atoms with E-state index in [4.69, 9.17) is 0 Å².